The van der Waals surface area contributed by atoms with E-state index in [1.165, 1.54) is 0 Å². The van der Waals surface area contributed by atoms with Gasteiger partial charge in [-0.05, 0) is 23.8 Å². The molecule has 0 heterocycles. The van der Waals surface area contributed by atoms with E-state index in [-0.39, 0.29) is 0 Å². The highest BCUT2D eigenvalue weighted by atomic mass is 31.2. The van der Waals surface area contributed by atoms with Crippen molar-refractivity contribution in [2.24, 2.45) is 0 Å². The largest absolute Gasteiger partial charge is 0.423 e. The first-order valence-corrected chi connectivity index (χ1v) is 12.8. The van der Waals surface area contributed by atoms with Crippen LogP contribution in [0.5, 0.6) is 5.75 Å². The molecule has 0 saturated carbocycles. The lowest BCUT2D eigenvalue weighted by atomic mass is 10.2. The summed E-state index contributed by atoms with van der Waals surface area (Å²) >= 11 is 0. The van der Waals surface area contributed by atoms with Gasteiger partial charge < -0.3 is 13.9 Å². The van der Waals surface area contributed by atoms with Gasteiger partial charge in [0.1, 0.15) is 20.0 Å². The summed E-state index contributed by atoms with van der Waals surface area (Å²) in [6.45, 7) is 10.9. The molecule has 0 unspecified atom stereocenters. The van der Waals surface area contributed by atoms with E-state index in [0.717, 1.165) is 11.6 Å². The van der Waals surface area contributed by atoms with E-state index in [9.17, 15) is 13.9 Å². The lowest BCUT2D eigenvalue weighted by Gasteiger charge is -2.26. The quantitative estimate of drug-likeness (QED) is 0.231. The van der Waals surface area contributed by atoms with Gasteiger partial charge in [-0.25, -0.2) is 4.79 Å². The van der Waals surface area contributed by atoms with Crippen molar-refractivity contribution in [3.8, 4) is 5.75 Å². The van der Waals surface area contributed by atoms with E-state index < -0.39 is 20.3 Å². The van der Waals surface area contributed by atoms with Crippen LogP contribution in [0.3, 0.4) is 0 Å². The molecule has 4 nitrogen and oxygen atoms in total. The standard InChI is InChI=1S/C19H28O4P2/c1-6-18(20)23-17-13-11-16(12-14-17)15-19(24(21,7-2)8-3)25(22,9-4)10-5/h6,11-15H,1,7-10H2,2-5H3. The molecule has 0 amide bonds. The second-order valence-corrected chi connectivity index (χ2v) is 13.1. The van der Waals surface area contributed by atoms with Gasteiger partial charge in [-0.1, -0.05) is 46.4 Å². The average Bonchev–Trinajstić information content (AvgIpc) is 2.66. The summed E-state index contributed by atoms with van der Waals surface area (Å²) in [4.78, 5) is 11.2. The van der Waals surface area contributed by atoms with Crippen molar-refractivity contribution in [3.05, 3.63) is 47.5 Å². The Balaban J connectivity index is 3.36. The summed E-state index contributed by atoms with van der Waals surface area (Å²) in [7, 11) is -5.30. The van der Waals surface area contributed by atoms with Gasteiger partial charge in [0.15, 0.2) is 0 Å². The Bertz CT molecular complexity index is 688. The third kappa shape index (κ3) is 5.30. The highest BCUT2D eigenvalue weighted by molar-refractivity contribution is 7.87. The van der Waals surface area contributed by atoms with Gasteiger partial charge in [0.25, 0.3) is 0 Å². The fraction of sp³-hybridized carbons (Fsp3) is 0.421. The lowest BCUT2D eigenvalue weighted by Crippen LogP contribution is -2.02. The van der Waals surface area contributed by atoms with Crippen molar-refractivity contribution in [2.75, 3.05) is 24.6 Å². The zero-order valence-electron chi connectivity index (χ0n) is 15.5. The van der Waals surface area contributed by atoms with Gasteiger partial charge >= 0.3 is 5.97 Å². The molecular formula is C19H28O4P2. The summed E-state index contributed by atoms with van der Waals surface area (Å²) in [6, 6.07) is 6.88. The molecule has 0 spiro atoms. The maximum absolute atomic E-state index is 13.4. The normalized spacial score (nSPS) is 11.7. The molecule has 0 saturated heterocycles. The van der Waals surface area contributed by atoms with E-state index in [0.29, 0.717) is 35.5 Å². The Morgan fingerprint density at radius 1 is 0.960 bits per heavy atom. The SMILES string of the molecule is C=CC(=O)Oc1ccc(C=C(P(=O)(CC)CC)P(=O)(CC)CC)cc1. The number of carbonyl (C=O) groups excluding carboxylic acids is 1. The van der Waals surface area contributed by atoms with Crippen LogP contribution < -0.4 is 4.74 Å². The fourth-order valence-corrected chi connectivity index (χ4v) is 9.91. The molecule has 138 valence electrons. The summed E-state index contributed by atoms with van der Waals surface area (Å²) < 4.78 is 31.8. The van der Waals surface area contributed by atoms with E-state index in [1.807, 2.05) is 33.8 Å². The first-order chi connectivity index (χ1) is 11.8. The van der Waals surface area contributed by atoms with Crippen LogP contribution in [0.4, 0.5) is 0 Å². The third-order valence-electron chi connectivity index (χ3n) is 4.44. The van der Waals surface area contributed by atoms with Crippen molar-refractivity contribution in [1.82, 2.24) is 0 Å². The number of hydrogen-bond acceptors (Lipinski definition) is 4. The molecule has 0 fully saturated rings. The van der Waals surface area contributed by atoms with Gasteiger partial charge in [0.05, 0.1) is 0 Å². The van der Waals surface area contributed by atoms with Crippen LogP contribution in [0.1, 0.15) is 33.3 Å². The second-order valence-electron chi connectivity index (χ2n) is 5.74. The predicted octanol–water partition coefficient (Wildman–Crippen LogP) is 5.88. The minimum Gasteiger partial charge on any atom is -0.423 e. The molecule has 0 aliphatic carbocycles. The first kappa shape index (κ1) is 21.7. The Kier molecular flexibility index (Phi) is 8.12. The zero-order valence-corrected chi connectivity index (χ0v) is 17.3. The van der Waals surface area contributed by atoms with Gasteiger partial charge in [-0.3, -0.25) is 0 Å². The molecule has 0 aliphatic rings. The third-order valence-corrected chi connectivity index (χ3v) is 12.6. The molecule has 1 aromatic rings. The summed E-state index contributed by atoms with van der Waals surface area (Å²) in [5, 5.41) is 0.630. The van der Waals surface area contributed by atoms with Crippen LogP contribution in [0.15, 0.2) is 42.0 Å². The summed E-state index contributed by atoms with van der Waals surface area (Å²) in [5.41, 5.74) is 0.803. The van der Waals surface area contributed by atoms with Crippen LogP contribution in [0, 0.1) is 0 Å². The van der Waals surface area contributed by atoms with Gasteiger partial charge in [-0.2, -0.15) is 0 Å². The molecule has 0 aliphatic heterocycles. The number of esters is 1. The predicted molar refractivity (Wildman–Crippen MR) is 108 cm³/mol. The Morgan fingerprint density at radius 3 is 1.76 bits per heavy atom. The van der Waals surface area contributed by atoms with Crippen molar-refractivity contribution in [3.63, 3.8) is 0 Å². The van der Waals surface area contributed by atoms with E-state index in [4.69, 9.17) is 4.74 Å². The highest BCUT2D eigenvalue weighted by Crippen LogP contribution is 2.71. The van der Waals surface area contributed by atoms with Crippen molar-refractivity contribution >= 4 is 26.3 Å². The Hall–Kier alpha value is -1.37. The van der Waals surface area contributed by atoms with Crippen LogP contribution >= 0.6 is 14.3 Å². The zero-order chi connectivity index (χ0) is 19.1. The van der Waals surface area contributed by atoms with Crippen molar-refractivity contribution in [1.29, 1.82) is 0 Å². The molecule has 1 rings (SSSR count). The number of benzene rings is 1. The van der Waals surface area contributed by atoms with Crippen LogP contribution in [0.2, 0.25) is 0 Å². The van der Waals surface area contributed by atoms with Crippen molar-refractivity contribution < 1.29 is 18.7 Å². The monoisotopic (exact) mass is 382 g/mol. The molecule has 25 heavy (non-hydrogen) atoms. The van der Waals surface area contributed by atoms with Crippen LogP contribution in [-0.4, -0.2) is 30.6 Å². The van der Waals surface area contributed by atoms with Gasteiger partial charge in [-0.15, -0.1) is 0 Å². The van der Waals surface area contributed by atoms with Gasteiger partial charge in [0, 0.05) is 35.8 Å². The minimum absolute atomic E-state index is 0.409. The molecule has 0 atom stereocenters. The molecule has 6 heteroatoms. The number of rotatable bonds is 9. The number of carbonyl (C=O) groups is 1. The average molecular weight is 382 g/mol. The van der Waals surface area contributed by atoms with E-state index in [1.54, 1.807) is 24.3 Å². The minimum atomic E-state index is -2.65. The molecule has 0 radical (unpaired) electrons. The topological polar surface area (TPSA) is 60.4 Å². The number of ether oxygens (including phenoxy) is 1. The molecule has 0 bridgehead atoms. The van der Waals surface area contributed by atoms with E-state index >= 15 is 0 Å². The Labute approximate surface area is 151 Å². The first-order valence-electron chi connectivity index (χ1n) is 8.61. The fourth-order valence-electron chi connectivity index (χ4n) is 2.60. The maximum Gasteiger partial charge on any atom is 0.335 e. The summed E-state index contributed by atoms with van der Waals surface area (Å²) in [5.74, 6) is -0.112. The van der Waals surface area contributed by atoms with Crippen LogP contribution in [-0.2, 0) is 13.9 Å². The van der Waals surface area contributed by atoms with E-state index in [2.05, 4.69) is 6.58 Å². The molecule has 1 aromatic carbocycles. The Morgan fingerprint density at radius 2 is 1.40 bits per heavy atom. The van der Waals surface area contributed by atoms with Crippen molar-refractivity contribution in [2.45, 2.75) is 27.7 Å². The second kappa shape index (κ2) is 9.36. The molecule has 0 N–H and O–H groups in total. The van der Waals surface area contributed by atoms with Crippen LogP contribution in [0.25, 0.3) is 6.08 Å². The molecule has 0 aromatic heterocycles. The smallest absolute Gasteiger partial charge is 0.335 e. The summed E-state index contributed by atoms with van der Waals surface area (Å²) in [6.07, 6.45) is 4.95. The van der Waals surface area contributed by atoms with Gasteiger partial charge in [0.2, 0.25) is 0 Å². The lowest BCUT2D eigenvalue weighted by molar-refractivity contribution is -0.128. The highest BCUT2D eigenvalue weighted by Gasteiger charge is 2.35. The number of hydrogen-bond donors (Lipinski definition) is 0. The molecular weight excluding hydrogens is 354 g/mol. The maximum atomic E-state index is 13.4.